The van der Waals surface area contributed by atoms with E-state index in [0.717, 1.165) is 29.8 Å². The smallest absolute Gasteiger partial charge is 0.135 e. The monoisotopic (exact) mass is 654 g/mol. The van der Waals surface area contributed by atoms with Crippen LogP contribution in [0.1, 0.15) is 23.7 Å². The van der Waals surface area contributed by atoms with Gasteiger partial charge in [0.15, 0.2) is 0 Å². The van der Waals surface area contributed by atoms with Gasteiger partial charge in [-0.25, -0.2) is 0 Å². The molecule has 0 fully saturated rings. The summed E-state index contributed by atoms with van der Waals surface area (Å²) < 4.78 is 12.4. The second-order valence-electron chi connectivity index (χ2n) is 9.37. The van der Waals surface area contributed by atoms with Crippen LogP contribution in [0.15, 0.2) is 97.3 Å². The molecule has 4 aromatic carbocycles. The maximum absolute atomic E-state index is 7.02. The van der Waals surface area contributed by atoms with Crippen molar-refractivity contribution < 1.29 is 14.9 Å². The van der Waals surface area contributed by atoms with Crippen LogP contribution in [0.4, 0.5) is 0 Å². The highest BCUT2D eigenvalue weighted by molar-refractivity contribution is 6.35. The average Bonchev–Trinajstić information content (AvgIpc) is 3.42. The van der Waals surface area contributed by atoms with E-state index < -0.39 is 11.6 Å². The van der Waals surface area contributed by atoms with E-state index >= 15 is 0 Å². The van der Waals surface area contributed by atoms with Crippen molar-refractivity contribution in [1.29, 1.82) is 0 Å². The van der Waals surface area contributed by atoms with Crippen molar-refractivity contribution in [2.24, 2.45) is 0 Å². The van der Waals surface area contributed by atoms with E-state index in [-0.39, 0.29) is 17.9 Å². The van der Waals surface area contributed by atoms with E-state index in [1.807, 2.05) is 54.7 Å². The zero-order valence-electron chi connectivity index (χ0n) is 22.1. The second kappa shape index (κ2) is 15.8. The number of ether oxygens (including phenoxy) is 2. The molecule has 0 amide bonds. The molecule has 1 aliphatic rings. The van der Waals surface area contributed by atoms with E-state index in [1.54, 1.807) is 12.1 Å². The minimum absolute atomic E-state index is 0. The molecule has 2 N–H and O–H groups in total. The zero-order chi connectivity index (χ0) is 27.2. The van der Waals surface area contributed by atoms with Crippen molar-refractivity contribution in [1.82, 2.24) is 9.80 Å². The third kappa shape index (κ3) is 8.82. The number of rotatable bonds is 11. The lowest BCUT2D eigenvalue weighted by atomic mass is 10.1. The highest BCUT2D eigenvalue weighted by atomic mass is 35.5. The fourth-order valence-electron chi connectivity index (χ4n) is 4.48. The van der Waals surface area contributed by atoms with Crippen molar-refractivity contribution in [3.05, 3.63) is 124 Å². The van der Waals surface area contributed by atoms with Gasteiger partial charge in [-0.2, -0.15) is 0 Å². The molecule has 5 rings (SSSR count). The second-order valence-corrected chi connectivity index (χ2v) is 11.1. The SMILES string of the molecule is Cl.Clc1ccc(C(OCc2ccc(Cl)cc2Cl)C(Cl)N2C=CN(CCCOc3ccc4ccccc4c3)C2)cc1.O. The highest BCUT2D eigenvalue weighted by Crippen LogP contribution is 2.33. The lowest BCUT2D eigenvalue weighted by molar-refractivity contribution is 0.00672. The molecular weight excluding hydrogens is 626 g/mol. The maximum atomic E-state index is 7.02. The van der Waals surface area contributed by atoms with Gasteiger partial charge in [0, 0.05) is 34.0 Å². The summed E-state index contributed by atoms with van der Waals surface area (Å²) in [7, 11) is 0. The van der Waals surface area contributed by atoms with Crippen molar-refractivity contribution >= 4 is 69.6 Å². The number of halogens is 5. The third-order valence-electron chi connectivity index (χ3n) is 6.59. The number of hydrogen-bond donors (Lipinski definition) is 0. The van der Waals surface area contributed by atoms with E-state index in [1.165, 1.54) is 10.8 Å². The Balaban J connectivity index is 0.00000231. The van der Waals surface area contributed by atoms with Crippen LogP contribution in [-0.4, -0.2) is 40.6 Å². The van der Waals surface area contributed by atoms with Crippen molar-refractivity contribution in [3.63, 3.8) is 0 Å². The van der Waals surface area contributed by atoms with Gasteiger partial charge in [0.1, 0.15) is 17.4 Å². The molecule has 10 heteroatoms. The van der Waals surface area contributed by atoms with Gasteiger partial charge in [-0.05, 0) is 64.7 Å². The average molecular weight is 657 g/mol. The van der Waals surface area contributed by atoms with Gasteiger partial charge in [-0.3, -0.25) is 0 Å². The van der Waals surface area contributed by atoms with Gasteiger partial charge in [-0.1, -0.05) is 94.9 Å². The molecule has 0 saturated heterocycles. The fourth-order valence-corrected chi connectivity index (χ4v) is 5.42. The summed E-state index contributed by atoms with van der Waals surface area (Å²) in [5.74, 6) is 0.886. The number of nitrogens with zero attached hydrogens (tertiary/aromatic N) is 2. The summed E-state index contributed by atoms with van der Waals surface area (Å²) in [6.45, 7) is 2.42. The first-order valence-electron chi connectivity index (χ1n) is 12.7. The molecule has 41 heavy (non-hydrogen) atoms. The highest BCUT2D eigenvalue weighted by Gasteiger charge is 2.29. The number of hydrogen-bond acceptors (Lipinski definition) is 4. The summed E-state index contributed by atoms with van der Waals surface area (Å²) in [6.07, 6.45) is 4.52. The summed E-state index contributed by atoms with van der Waals surface area (Å²) in [5.41, 5.74) is 1.32. The number of fused-ring (bicyclic) bond motifs is 1. The lowest BCUT2D eigenvalue weighted by Crippen LogP contribution is -2.36. The first-order chi connectivity index (χ1) is 19.0. The molecule has 4 aromatic rings. The Hall–Kier alpha value is -2.35. The van der Waals surface area contributed by atoms with Gasteiger partial charge in [0.25, 0.3) is 0 Å². The molecule has 218 valence electrons. The molecule has 2 unspecified atom stereocenters. The van der Waals surface area contributed by atoms with E-state index in [0.29, 0.717) is 35.0 Å². The number of alkyl halides is 1. The molecule has 0 aliphatic carbocycles. The van der Waals surface area contributed by atoms with Gasteiger partial charge in [0.2, 0.25) is 0 Å². The predicted molar refractivity (Wildman–Crippen MR) is 173 cm³/mol. The predicted octanol–water partition coefficient (Wildman–Crippen LogP) is 8.74. The molecule has 0 spiro atoms. The summed E-state index contributed by atoms with van der Waals surface area (Å²) in [5, 5.41) is 4.18. The van der Waals surface area contributed by atoms with Crippen LogP contribution < -0.4 is 4.74 Å². The molecule has 0 bridgehead atoms. The fraction of sp³-hybridized carbons (Fsp3) is 0.226. The van der Waals surface area contributed by atoms with Gasteiger partial charge in [0.05, 0.1) is 19.9 Å². The minimum atomic E-state index is -0.452. The van der Waals surface area contributed by atoms with E-state index in [9.17, 15) is 0 Å². The Morgan fingerprint density at radius 1 is 0.805 bits per heavy atom. The lowest BCUT2D eigenvalue weighted by Gasteiger charge is -2.31. The standard InChI is InChI=1S/C31H28Cl4N2O2.ClH.H2O/c32-26-10-6-23(7-11-26)30(39-20-25-8-12-27(33)19-29(25)34)31(35)37-16-15-36(21-37)14-3-17-38-28-13-9-22-4-1-2-5-24(22)18-28;;/h1-2,4-13,15-16,18-19,30-31H,3,14,17,20-21H2;1H;1H2. The van der Waals surface area contributed by atoms with Crippen LogP contribution in [0.3, 0.4) is 0 Å². The molecule has 0 radical (unpaired) electrons. The van der Waals surface area contributed by atoms with Crippen LogP contribution >= 0.6 is 58.8 Å². The summed E-state index contributed by atoms with van der Waals surface area (Å²) in [4.78, 5) is 4.28. The number of benzene rings is 4. The van der Waals surface area contributed by atoms with Crippen molar-refractivity contribution in [2.75, 3.05) is 19.8 Å². The molecule has 5 nitrogen and oxygen atoms in total. The Labute approximate surface area is 266 Å². The first-order valence-corrected chi connectivity index (χ1v) is 14.3. The minimum Gasteiger partial charge on any atom is -0.494 e. The summed E-state index contributed by atoms with van der Waals surface area (Å²) in [6, 6.07) is 27.4. The summed E-state index contributed by atoms with van der Waals surface area (Å²) >= 11 is 25.6. The van der Waals surface area contributed by atoms with Crippen LogP contribution in [0.2, 0.25) is 15.1 Å². The van der Waals surface area contributed by atoms with Gasteiger partial charge >= 0.3 is 0 Å². The Morgan fingerprint density at radius 3 is 2.29 bits per heavy atom. The Bertz CT molecular complexity index is 1440. The van der Waals surface area contributed by atoms with Gasteiger partial charge in [-0.15, -0.1) is 12.4 Å². The maximum Gasteiger partial charge on any atom is 0.135 e. The normalized spacial score (nSPS) is 14.0. The van der Waals surface area contributed by atoms with E-state index in [2.05, 4.69) is 40.3 Å². The largest absolute Gasteiger partial charge is 0.494 e. The Kier molecular flexibility index (Phi) is 12.7. The topological polar surface area (TPSA) is 56.4 Å². The van der Waals surface area contributed by atoms with Crippen molar-refractivity contribution in [3.8, 4) is 5.75 Å². The van der Waals surface area contributed by atoms with Crippen LogP contribution in [0.25, 0.3) is 10.8 Å². The molecule has 1 heterocycles. The van der Waals surface area contributed by atoms with Crippen LogP contribution in [0, 0.1) is 0 Å². The molecule has 1 aliphatic heterocycles. The molecular formula is C31H31Cl5N2O3. The Morgan fingerprint density at radius 2 is 1.54 bits per heavy atom. The van der Waals surface area contributed by atoms with Crippen LogP contribution in [0.5, 0.6) is 5.75 Å². The third-order valence-corrected chi connectivity index (χ3v) is 7.91. The molecule has 2 atom stereocenters. The molecule has 0 aromatic heterocycles. The first kappa shape index (κ1) is 33.2. The quantitative estimate of drug-likeness (QED) is 0.0921. The molecule has 0 saturated carbocycles. The van der Waals surface area contributed by atoms with E-state index in [4.69, 9.17) is 55.9 Å². The van der Waals surface area contributed by atoms with Gasteiger partial charge < -0.3 is 24.7 Å². The van der Waals surface area contributed by atoms with Crippen molar-refractivity contribution in [2.45, 2.75) is 24.6 Å². The zero-order valence-corrected chi connectivity index (χ0v) is 25.9. The van der Waals surface area contributed by atoms with Crippen LogP contribution in [-0.2, 0) is 11.3 Å².